The van der Waals surface area contributed by atoms with Gasteiger partial charge in [-0.3, -0.25) is 4.79 Å². The molecule has 11 heteroatoms. The Balaban J connectivity index is 2.38. The number of aromatic nitrogens is 5. The molecule has 0 aromatic carbocycles. The molecule has 142 valence electrons. The van der Waals surface area contributed by atoms with Gasteiger partial charge in [-0.15, -0.1) is 6.58 Å². The lowest BCUT2D eigenvalue weighted by Crippen LogP contribution is -2.22. The van der Waals surface area contributed by atoms with Gasteiger partial charge in [0.05, 0.1) is 6.54 Å². The van der Waals surface area contributed by atoms with Crippen LogP contribution in [0.5, 0.6) is 0 Å². The van der Waals surface area contributed by atoms with E-state index in [4.69, 9.17) is 0 Å². The first kappa shape index (κ1) is 19.2. The van der Waals surface area contributed by atoms with Gasteiger partial charge < -0.3 is 0 Å². The van der Waals surface area contributed by atoms with Crippen molar-refractivity contribution >= 4 is 38.3 Å². The molecular weight excluding hydrogens is 391 g/mol. The third-order valence-electron chi connectivity index (χ3n) is 3.47. The van der Waals surface area contributed by atoms with E-state index >= 15 is 0 Å². The van der Waals surface area contributed by atoms with E-state index in [-0.39, 0.29) is 23.7 Å². The highest BCUT2D eigenvalue weighted by Crippen LogP contribution is 2.22. The molecule has 0 spiro atoms. The predicted molar refractivity (Wildman–Crippen MR) is 105 cm³/mol. The minimum Gasteiger partial charge on any atom is -0.267 e. The van der Waals surface area contributed by atoms with Gasteiger partial charge in [0.25, 0.3) is 5.56 Å². The summed E-state index contributed by atoms with van der Waals surface area (Å²) in [5.41, 5.74) is 0.0111. The molecule has 0 radical (unpaired) electrons. The molecular formula is C16H17FN6O2S2. The molecule has 3 rings (SSSR count). The van der Waals surface area contributed by atoms with Crippen LogP contribution in [0, 0.1) is 5.82 Å². The highest BCUT2D eigenvalue weighted by molar-refractivity contribution is 7.98. The average Bonchev–Trinajstić information content (AvgIpc) is 2.88. The molecule has 0 atom stereocenters. The number of halogens is 1. The molecule has 3 aromatic heterocycles. The van der Waals surface area contributed by atoms with Crippen LogP contribution >= 0.6 is 11.8 Å². The Morgan fingerprint density at radius 2 is 2.11 bits per heavy atom. The topological polar surface area (TPSA) is 95.0 Å². The summed E-state index contributed by atoms with van der Waals surface area (Å²) in [6, 6.07) is 2.57. The van der Waals surface area contributed by atoms with Gasteiger partial charge in [0, 0.05) is 28.4 Å². The summed E-state index contributed by atoms with van der Waals surface area (Å²) in [7, 11) is -2.62. The van der Waals surface area contributed by atoms with E-state index in [0.717, 1.165) is 6.07 Å². The van der Waals surface area contributed by atoms with Crippen molar-refractivity contribution in [3.8, 4) is 5.82 Å². The Hall–Kier alpha value is -2.53. The number of rotatable bonds is 5. The summed E-state index contributed by atoms with van der Waals surface area (Å²) >= 11 is 1.33. The smallest absolute Gasteiger partial charge is 0.267 e. The minimum atomic E-state index is -2.62. The first-order valence-electron chi connectivity index (χ1n) is 7.72. The van der Waals surface area contributed by atoms with Gasteiger partial charge in [0.15, 0.2) is 28.3 Å². The minimum absolute atomic E-state index is 0.188. The van der Waals surface area contributed by atoms with E-state index in [1.165, 1.54) is 45.9 Å². The second kappa shape index (κ2) is 7.24. The molecule has 3 heterocycles. The maximum atomic E-state index is 14.1. The summed E-state index contributed by atoms with van der Waals surface area (Å²) in [6.45, 7) is 3.85. The summed E-state index contributed by atoms with van der Waals surface area (Å²) in [5, 5.41) is 0.776. The lowest BCUT2D eigenvalue weighted by atomic mass is 10.4. The van der Waals surface area contributed by atoms with Gasteiger partial charge >= 0.3 is 0 Å². The molecule has 0 saturated carbocycles. The number of allylic oxidation sites excluding steroid dienone is 1. The first-order valence-corrected chi connectivity index (χ1v) is 11.3. The van der Waals surface area contributed by atoms with E-state index in [2.05, 4.69) is 25.9 Å². The van der Waals surface area contributed by atoms with E-state index in [1.807, 2.05) is 6.26 Å². The fourth-order valence-electron chi connectivity index (χ4n) is 2.44. The van der Waals surface area contributed by atoms with Gasteiger partial charge in [-0.2, -0.15) is 4.36 Å². The number of hydrogen-bond donors (Lipinski definition) is 0. The van der Waals surface area contributed by atoms with Crippen LogP contribution in [0.2, 0.25) is 0 Å². The highest BCUT2D eigenvalue weighted by Gasteiger charge is 2.18. The molecule has 0 unspecified atom stereocenters. The first-order chi connectivity index (χ1) is 12.7. The average molecular weight is 408 g/mol. The van der Waals surface area contributed by atoms with Gasteiger partial charge in [-0.25, -0.2) is 32.9 Å². The Bertz CT molecular complexity index is 1220. The largest absolute Gasteiger partial charge is 0.278 e. The number of fused-ring (bicyclic) bond motifs is 1. The summed E-state index contributed by atoms with van der Waals surface area (Å²) in [6.07, 6.45) is 7.59. The molecule has 3 aromatic rings. The van der Waals surface area contributed by atoms with Crippen LogP contribution in [0.1, 0.15) is 0 Å². The van der Waals surface area contributed by atoms with Crippen molar-refractivity contribution in [2.45, 2.75) is 11.7 Å². The van der Waals surface area contributed by atoms with Crippen LogP contribution in [0.15, 0.2) is 45.3 Å². The fourth-order valence-corrected chi connectivity index (χ4v) is 3.32. The monoisotopic (exact) mass is 408 g/mol. The molecule has 0 aliphatic heterocycles. The molecule has 0 fully saturated rings. The van der Waals surface area contributed by atoms with Crippen molar-refractivity contribution in [1.29, 1.82) is 0 Å². The van der Waals surface area contributed by atoms with E-state index < -0.39 is 15.5 Å². The predicted octanol–water partition coefficient (Wildman–Crippen LogP) is 2.38. The summed E-state index contributed by atoms with van der Waals surface area (Å²) < 4.78 is 32.7. The van der Waals surface area contributed by atoms with Gasteiger partial charge in [-0.1, -0.05) is 17.8 Å². The molecule has 0 saturated heterocycles. The Morgan fingerprint density at radius 1 is 1.37 bits per heavy atom. The van der Waals surface area contributed by atoms with E-state index in [0.29, 0.717) is 16.2 Å². The lowest BCUT2D eigenvalue weighted by molar-refractivity contribution is 0.588. The quantitative estimate of drug-likeness (QED) is 0.365. The number of pyridine rings is 1. The van der Waals surface area contributed by atoms with Crippen molar-refractivity contribution in [1.82, 2.24) is 24.3 Å². The third kappa shape index (κ3) is 3.78. The van der Waals surface area contributed by atoms with Crippen LogP contribution in [0.25, 0.3) is 16.9 Å². The van der Waals surface area contributed by atoms with Crippen molar-refractivity contribution in [3.63, 3.8) is 0 Å². The Labute approximate surface area is 159 Å². The van der Waals surface area contributed by atoms with Crippen LogP contribution < -0.4 is 5.56 Å². The van der Waals surface area contributed by atoms with Crippen LogP contribution in [0.4, 0.5) is 10.2 Å². The van der Waals surface area contributed by atoms with Crippen molar-refractivity contribution < 1.29 is 8.60 Å². The fraction of sp³-hybridized carbons (Fsp3) is 0.250. The van der Waals surface area contributed by atoms with Crippen molar-refractivity contribution in [2.24, 2.45) is 4.36 Å². The van der Waals surface area contributed by atoms with Gasteiger partial charge in [0.1, 0.15) is 5.39 Å². The number of thioether (sulfide) groups is 1. The number of nitrogens with zero attached hydrogens (tertiary/aromatic N) is 6. The number of hydrogen-bond acceptors (Lipinski definition) is 7. The molecule has 0 N–H and O–H groups in total. The standard InChI is InChI=1S/C16H17FN6O2S2/c1-5-8-22-15(24)10-9-18-16(26-2)20-14(10)23(22)12-7-6-11(17)13(19-12)21-27(3,4)25/h5-7,9H,1,8H2,2-4H3. The third-order valence-corrected chi connectivity index (χ3v) is 4.65. The van der Waals surface area contributed by atoms with Gasteiger partial charge in [0.2, 0.25) is 0 Å². The zero-order valence-electron chi connectivity index (χ0n) is 14.9. The van der Waals surface area contributed by atoms with Crippen LogP contribution in [-0.2, 0) is 16.3 Å². The van der Waals surface area contributed by atoms with Crippen LogP contribution in [0.3, 0.4) is 0 Å². The Morgan fingerprint density at radius 3 is 2.74 bits per heavy atom. The lowest BCUT2D eigenvalue weighted by Gasteiger charge is -2.11. The maximum absolute atomic E-state index is 14.1. The van der Waals surface area contributed by atoms with E-state index in [9.17, 15) is 13.4 Å². The molecule has 8 nitrogen and oxygen atoms in total. The molecule has 0 aliphatic carbocycles. The molecule has 0 aliphatic rings. The van der Waals surface area contributed by atoms with E-state index in [1.54, 1.807) is 6.08 Å². The Kier molecular flexibility index (Phi) is 5.16. The second-order valence-corrected chi connectivity index (χ2v) is 9.15. The van der Waals surface area contributed by atoms with Crippen molar-refractivity contribution in [3.05, 3.63) is 47.2 Å². The van der Waals surface area contributed by atoms with Crippen molar-refractivity contribution in [2.75, 3.05) is 18.8 Å². The maximum Gasteiger partial charge on any atom is 0.278 e. The zero-order chi connectivity index (χ0) is 19.8. The van der Waals surface area contributed by atoms with Gasteiger partial charge in [-0.05, 0) is 18.4 Å². The molecule has 27 heavy (non-hydrogen) atoms. The SMILES string of the molecule is C=CCn1c(=O)c2cnc(SC)nc2n1-c1ccc(F)c(N=S(C)(C)=O)n1. The normalized spacial score (nSPS) is 11.7. The second-order valence-electron chi connectivity index (χ2n) is 5.83. The summed E-state index contributed by atoms with van der Waals surface area (Å²) in [4.78, 5) is 25.4. The zero-order valence-corrected chi connectivity index (χ0v) is 16.6. The molecule has 0 bridgehead atoms. The summed E-state index contributed by atoms with van der Waals surface area (Å²) in [5.74, 6) is -0.775. The molecule has 0 amide bonds. The van der Waals surface area contributed by atoms with Crippen LogP contribution in [-0.4, -0.2) is 47.3 Å². The highest BCUT2D eigenvalue weighted by atomic mass is 32.2.